The third kappa shape index (κ3) is 5.98. The first-order valence-corrected chi connectivity index (χ1v) is 1.51. The van der Waals surface area contributed by atoms with Gasteiger partial charge in [0.2, 0.25) is 0 Å². The molecule has 0 aliphatic rings. The fraction of sp³-hybridized carbons (Fsp3) is 0.250. The van der Waals surface area contributed by atoms with Crippen molar-refractivity contribution in [2.45, 2.75) is 0 Å². The number of carbonyl (C=O) groups excluding carboxylic acids is 1. The maximum absolute atomic E-state index is 9.84. The summed E-state index contributed by atoms with van der Waals surface area (Å²) in [6.45, 7) is 3.16. The minimum absolute atomic E-state index is 0. The summed E-state index contributed by atoms with van der Waals surface area (Å²) in [5, 5.41) is 0. The van der Waals surface area contributed by atoms with Gasteiger partial charge in [-0.15, -0.1) is 0 Å². The van der Waals surface area contributed by atoms with Gasteiger partial charge in [0.1, 0.15) is 0 Å². The van der Waals surface area contributed by atoms with Crippen LogP contribution in [-0.4, -0.2) is 36.1 Å². The van der Waals surface area contributed by atoms with Crippen LogP contribution in [0.3, 0.4) is 0 Å². The Hall–Kier alpha value is -0.0238. The zero-order valence-electron chi connectivity index (χ0n) is 4.31. The van der Waals surface area contributed by atoms with Gasteiger partial charge in [0, 0.05) is 29.1 Å². The third-order valence-corrected chi connectivity index (χ3v) is 0.368. The van der Waals surface area contributed by atoms with Crippen LogP contribution in [0, 0.1) is 0 Å². The molecule has 0 aliphatic heterocycles. The average molecular weight is 110 g/mol. The second-order valence-electron chi connectivity index (χ2n) is 0.727. The minimum atomic E-state index is -0.394. The van der Waals surface area contributed by atoms with Crippen molar-refractivity contribution >= 4 is 29.0 Å². The van der Waals surface area contributed by atoms with Gasteiger partial charge < -0.3 is 4.74 Å². The van der Waals surface area contributed by atoms with Crippen molar-refractivity contribution in [3.05, 3.63) is 12.7 Å². The average Bonchev–Trinajstić information content (AvgIpc) is 1.65. The molecule has 0 aromatic heterocycles. The summed E-state index contributed by atoms with van der Waals surface area (Å²) in [5.41, 5.74) is 0. The first-order valence-electron chi connectivity index (χ1n) is 1.51. The molecule has 0 aromatic carbocycles. The SMILES string of the molecule is C=CC(=O)OC.[Mg]. The lowest BCUT2D eigenvalue weighted by Gasteiger charge is -1.83. The normalized spacial score (nSPS) is 5.86. The highest BCUT2D eigenvalue weighted by Crippen LogP contribution is 1.67. The molecule has 2 radical (unpaired) electrons. The number of methoxy groups -OCH3 is 1. The van der Waals surface area contributed by atoms with Crippen molar-refractivity contribution < 1.29 is 9.53 Å². The minimum Gasteiger partial charge on any atom is -0.466 e. The van der Waals surface area contributed by atoms with E-state index in [0.717, 1.165) is 6.08 Å². The zero-order valence-corrected chi connectivity index (χ0v) is 5.72. The van der Waals surface area contributed by atoms with Crippen molar-refractivity contribution in [3.8, 4) is 0 Å². The van der Waals surface area contributed by atoms with Gasteiger partial charge in [-0.05, 0) is 0 Å². The molecule has 0 saturated carbocycles. The van der Waals surface area contributed by atoms with Gasteiger partial charge in [0.05, 0.1) is 7.11 Å². The molecule has 0 aliphatic carbocycles. The number of ether oxygens (including phenoxy) is 1. The molecule has 0 amide bonds. The molecule has 7 heavy (non-hydrogen) atoms. The van der Waals surface area contributed by atoms with Gasteiger partial charge in [-0.1, -0.05) is 6.58 Å². The van der Waals surface area contributed by atoms with Crippen molar-refractivity contribution in [3.63, 3.8) is 0 Å². The highest BCUT2D eigenvalue weighted by atomic mass is 24.3. The summed E-state index contributed by atoms with van der Waals surface area (Å²) in [6, 6.07) is 0. The second-order valence-corrected chi connectivity index (χ2v) is 0.727. The third-order valence-electron chi connectivity index (χ3n) is 0.368. The fourth-order valence-electron chi connectivity index (χ4n) is 0.0833. The maximum Gasteiger partial charge on any atom is 0.329 e. The Kier molecular flexibility index (Phi) is 8.59. The van der Waals surface area contributed by atoms with Crippen LogP contribution in [-0.2, 0) is 9.53 Å². The molecular formula is C4H6MgO2. The fourth-order valence-corrected chi connectivity index (χ4v) is 0.0833. The molecule has 3 heteroatoms. The Bertz CT molecular complexity index is 70.1. The second kappa shape index (κ2) is 5.98. The van der Waals surface area contributed by atoms with E-state index < -0.39 is 5.97 Å². The van der Waals surface area contributed by atoms with Gasteiger partial charge in [-0.3, -0.25) is 0 Å². The number of rotatable bonds is 1. The Morgan fingerprint density at radius 3 is 2.29 bits per heavy atom. The molecule has 0 atom stereocenters. The van der Waals surface area contributed by atoms with Gasteiger partial charge in [-0.2, -0.15) is 0 Å². The summed E-state index contributed by atoms with van der Waals surface area (Å²) in [4.78, 5) is 9.84. The standard InChI is InChI=1S/C4H6O2.Mg/c1-3-4(5)6-2;/h3H,1H2,2H3;. The summed E-state index contributed by atoms with van der Waals surface area (Å²) >= 11 is 0. The molecule has 0 N–H and O–H groups in total. The van der Waals surface area contributed by atoms with Crippen LogP contribution < -0.4 is 0 Å². The van der Waals surface area contributed by atoms with Crippen molar-refractivity contribution in [1.82, 2.24) is 0 Å². The molecule has 2 nitrogen and oxygen atoms in total. The van der Waals surface area contributed by atoms with Crippen LogP contribution in [0.25, 0.3) is 0 Å². The molecule has 0 fully saturated rings. The van der Waals surface area contributed by atoms with Crippen LogP contribution in [0.1, 0.15) is 0 Å². The van der Waals surface area contributed by atoms with E-state index in [1.165, 1.54) is 7.11 Å². The summed E-state index contributed by atoms with van der Waals surface area (Å²) in [5.74, 6) is -0.394. The van der Waals surface area contributed by atoms with E-state index in [1.807, 2.05) is 0 Å². The number of hydrogen-bond donors (Lipinski definition) is 0. The first kappa shape index (κ1) is 10.1. The molecule has 0 aromatic rings. The van der Waals surface area contributed by atoms with Gasteiger partial charge >= 0.3 is 5.97 Å². The first-order chi connectivity index (χ1) is 2.81. The van der Waals surface area contributed by atoms with E-state index in [2.05, 4.69) is 11.3 Å². The van der Waals surface area contributed by atoms with E-state index in [1.54, 1.807) is 0 Å². The molecule has 0 saturated heterocycles. The van der Waals surface area contributed by atoms with Crippen molar-refractivity contribution in [2.75, 3.05) is 7.11 Å². The van der Waals surface area contributed by atoms with E-state index >= 15 is 0 Å². The zero-order chi connectivity index (χ0) is 4.99. The van der Waals surface area contributed by atoms with Gasteiger partial charge in [-0.25, -0.2) is 4.79 Å². The number of esters is 1. The number of hydrogen-bond acceptors (Lipinski definition) is 2. The van der Waals surface area contributed by atoms with Crippen LogP contribution in [0.4, 0.5) is 0 Å². The van der Waals surface area contributed by atoms with Crippen LogP contribution in [0.15, 0.2) is 12.7 Å². The molecule has 0 spiro atoms. The molecule has 0 heterocycles. The van der Waals surface area contributed by atoms with E-state index in [9.17, 15) is 4.79 Å². The summed E-state index contributed by atoms with van der Waals surface area (Å²) in [7, 11) is 1.31. The van der Waals surface area contributed by atoms with E-state index in [-0.39, 0.29) is 23.1 Å². The highest BCUT2D eigenvalue weighted by Gasteiger charge is 1.81. The van der Waals surface area contributed by atoms with Gasteiger partial charge in [0.15, 0.2) is 0 Å². The Balaban J connectivity index is 0. The summed E-state index contributed by atoms with van der Waals surface area (Å²) < 4.78 is 4.14. The molecule has 36 valence electrons. The predicted molar refractivity (Wildman–Crippen MR) is 28.0 cm³/mol. The molecule has 0 bridgehead atoms. The highest BCUT2D eigenvalue weighted by molar-refractivity contribution is 5.80. The van der Waals surface area contributed by atoms with Crippen LogP contribution >= 0.6 is 0 Å². The van der Waals surface area contributed by atoms with E-state index in [4.69, 9.17) is 0 Å². The van der Waals surface area contributed by atoms with Crippen molar-refractivity contribution in [1.29, 1.82) is 0 Å². The van der Waals surface area contributed by atoms with Crippen LogP contribution in [0.2, 0.25) is 0 Å². The lowest BCUT2D eigenvalue weighted by molar-refractivity contribution is -0.134. The quantitative estimate of drug-likeness (QED) is 0.269. The smallest absolute Gasteiger partial charge is 0.329 e. The monoisotopic (exact) mass is 110 g/mol. The molecule has 0 unspecified atom stereocenters. The lowest BCUT2D eigenvalue weighted by atomic mass is 10.7. The topological polar surface area (TPSA) is 26.3 Å². The lowest BCUT2D eigenvalue weighted by Crippen LogP contribution is -1.91. The largest absolute Gasteiger partial charge is 0.466 e. The molecular weight excluding hydrogens is 104 g/mol. The summed E-state index contributed by atoms with van der Waals surface area (Å²) in [6.07, 6.45) is 1.11. The van der Waals surface area contributed by atoms with E-state index in [0.29, 0.717) is 0 Å². The predicted octanol–water partition coefficient (Wildman–Crippen LogP) is -0.0354. The Morgan fingerprint density at radius 2 is 2.29 bits per heavy atom. The van der Waals surface area contributed by atoms with Crippen molar-refractivity contribution in [2.24, 2.45) is 0 Å². The Labute approximate surface area is 58.7 Å². The van der Waals surface area contributed by atoms with Gasteiger partial charge in [0.25, 0.3) is 0 Å². The maximum atomic E-state index is 9.84. The Morgan fingerprint density at radius 1 is 1.86 bits per heavy atom. The van der Waals surface area contributed by atoms with Crippen LogP contribution in [0.5, 0.6) is 0 Å². The number of carbonyl (C=O) groups is 1. The molecule has 0 rings (SSSR count).